The Morgan fingerprint density at radius 3 is 2.81 bits per heavy atom. The molecule has 0 atom stereocenters. The quantitative estimate of drug-likeness (QED) is 0.249. The van der Waals surface area contributed by atoms with Gasteiger partial charge in [-0.1, -0.05) is 12.1 Å². The number of nitrogens with zero attached hydrogens (tertiary/aromatic N) is 1. The summed E-state index contributed by atoms with van der Waals surface area (Å²) in [5.41, 5.74) is 0.143. The van der Waals surface area contributed by atoms with E-state index in [-0.39, 0.29) is 10.6 Å². The standard InChI is InChI=1S/C10H12ClNO3S/c11-5-6-15-7-8-16-10-4-2-1-3-9(10)12(13)14/h1-4H,5-8H2. The number of ether oxygens (including phenoxy) is 1. The molecule has 0 saturated carbocycles. The molecule has 0 aliphatic heterocycles. The molecule has 4 nitrogen and oxygen atoms in total. The van der Waals surface area contributed by atoms with Crippen molar-refractivity contribution in [3.8, 4) is 0 Å². The Bertz CT molecular complexity index is 349. The molecule has 6 heteroatoms. The van der Waals surface area contributed by atoms with E-state index in [1.165, 1.54) is 17.8 Å². The molecule has 0 spiro atoms. The summed E-state index contributed by atoms with van der Waals surface area (Å²) in [5, 5.41) is 10.7. The maximum atomic E-state index is 10.7. The van der Waals surface area contributed by atoms with Crippen molar-refractivity contribution in [3.05, 3.63) is 34.4 Å². The normalized spacial score (nSPS) is 10.3. The van der Waals surface area contributed by atoms with Crippen LogP contribution in [-0.4, -0.2) is 29.8 Å². The highest BCUT2D eigenvalue weighted by Gasteiger charge is 2.11. The van der Waals surface area contributed by atoms with Gasteiger partial charge in [-0.15, -0.1) is 23.4 Å². The van der Waals surface area contributed by atoms with E-state index in [2.05, 4.69) is 0 Å². The molecule has 0 fully saturated rings. The zero-order chi connectivity index (χ0) is 11.8. The average Bonchev–Trinajstić information content (AvgIpc) is 2.29. The third kappa shape index (κ3) is 4.38. The fourth-order valence-corrected chi connectivity index (χ4v) is 2.09. The Labute approximate surface area is 103 Å². The van der Waals surface area contributed by atoms with Gasteiger partial charge < -0.3 is 4.74 Å². The first-order chi connectivity index (χ1) is 7.75. The van der Waals surface area contributed by atoms with Crippen molar-refractivity contribution in [1.29, 1.82) is 0 Å². The van der Waals surface area contributed by atoms with Gasteiger partial charge in [0.05, 0.1) is 23.0 Å². The van der Waals surface area contributed by atoms with Gasteiger partial charge >= 0.3 is 0 Å². The molecule has 0 unspecified atom stereocenters. The van der Waals surface area contributed by atoms with Crippen LogP contribution >= 0.6 is 23.4 Å². The summed E-state index contributed by atoms with van der Waals surface area (Å²) >= 11 is 6.86. The topological polar surface area (TPSA) is 52.4 Å². The molecule has 0 bridgehead atoms. The van der Waals surface area contributed by atoms with E-state index in [1.54, 1.807) is 18.2 Å². The lowest BCUT2D eigenvalue weighted by Gasteiger charge is -2.03. The van der Waals surface area contributed by atoms with Crippen molar-refractivity contribution in [1.82, 2.24) is 0 Å². The second-order valence-corrected chi connectivity index (χ2v) is 4.39. The Morgan fingerprint density at radius 2 is 2.12 bits per heavy atom. The predicted octanol–water partition coefficient (Wildman–Crippen LogP) is 2.94. The van der Waals surface area contributed by atoms with Crippen LogP contribution in [0.4, 0.5) is 5.69 Å². The van der Waals surface area contributed by atoms with Crippen LogP contribution in [0.2, 0.25) is 0 Å². The maximum absolute atomic E-state index is 10.7. The molecule has 88 valence electrons. The lowest BCUT2D eigenvalue weighted by molar-refractivity contribution is -0.387. The minimum Gasteiger partial charge on any atom is -0.379 e. The summed E-state index contributed by atoms with van der Waals surface area (Å²) in [6.07, 6.45) is 0. The first kappa shape index (κ1) is 13.3. The lowest BCUT2D eigenvalue weighted by Crippen LogP contribution is -2.00. The number of nitro benzene ring substituents is 1. The summed E-state index contributed by atoms with van der Waals surface area (Å²) in [7, 11) is 0. The van der Waals surface area contributed by atoms with Crippen molar-refractivity contribution >= 4 is 29.1 Å². The van der Waals surface area contributed by atoms with Gasteiger partial charge in [0.25, 0.3) is 5.69 Å². The number of rotatable bonds is 7. The number of alkyl halides is 1. The fourth-order valence-electron chi connectivity index (χ4n) is 1.10. The van der Waals surface area contributed by atoms with E-state index < -0.39 is 0 Å². The molecule has 16 heavy (non-hydrogen) atoms. The first-order valence-corrected chi connectivity index (χ1v) is 6.27. The fraction of sp³-hybridized carbons (Fsp3) is 0.400. The van der Waals surface area contributed by atoms with Crippen molar-refractivity contribution in [2.75, 3.05) is 24.8 Å². The van der Waals surface area contributed by atoms with E-state index in [4.69, 9.17) is 16.3 Å². The molecule has 1 aromatic carbocycles. The highest BCUT2D eigenvalue weighted by atomic mass is 35.5. The minimum absolute atomic E-state index is 0.143. The molecule has 0 aromatic heterocycles. The molecule has 0 radical (unpaired) electrons. The molecule has 0 aliphatic carbocycles. The third-order valence-electron chi connectivity index (χ3n) is 1.77. The third-order valence-corrected chi connectivity index (χ3v) is 2.95. The van der Waals surface area contributed by atoms with Crippen LogP contribution in [0.15, 0.2) is 29.2 Å². The number of nitro groups is 1. The zero-order valence-corrected chi connectivity index (χ0v) is 10.2. The molecular weight excluding hydrogens is 250 g/mol. The van der Waals surface area contributed by atoms with Gasteiger partial charge in [0.15, 0.2) is 0 Å². The van der Waals surface area contributed by atoms with Gasteiger partial charge in [0.1, 0.15) is 0 Å². The zero-order valence-electron chi connectivity index (χ0n) is 8.60. The summed E-state index contributed by atoms with van der Waals surface area (Å²) in [6.45, 7) is 1.06. The second-order valence-electron chi connectivity index (χ2n) is 2.87. The van der Waals surface area contributed by atoms with Crippen molar-refractivity contribution in [3.63, 3.8) is 0 Å². The first-order valence-electron chi connectivity index (χ1n) is 4.75. The van der Waals surface area contributed by atoms with E-state index in [0.29, 0.717) is 29.7 Å². The molecular formula is C10H12ClNO3S. The van der Waals surface area contributed by atoms with E-state index >= 15 is 0 Å². The predicted molar refractivity (Wildman–Crippen MR) is 65.4 cm³/mol. The van der Waals surface area contributed by atoms with Crippen LogP contribution < -0.4 is 0 Å². The van der Waals surface area contributed by atoms with Crippen LogP contribution in [0.25, 0.3) is 0 Å². The number of benzene rings is 1. The Balaban J connectivity index is 2.44. The average molecular weight is 262 g/mol. The number of halogens is 1. The number of para-hydroxylation sites is 1. The van der Waals surface area contributed by atoms with Crippen LogP contribution in [0.3, 0.4) is 0 Å². The minimum atomic E-state index is -0.373. The summed E-state index contributed by atoms with van der Waals surface area (Å²) in [4.78, 5) is 11.0. The summed E-state index contributed by atoms with van der Waals surface area (Å²) < 4.78 is 5.18. The Morgan fingerprint density at radius 1 is 1.38 bits per heavy atom. The summed E-state index contributed by atoms with van der Waals surface area (Å²) in [6, 6.07) is 6.69. The number of hydrogen-bond acceptors (Lipinski definition) is 4. The van der Waals surface area contributed by atoms with Gasteiger partial charge in [-0.3, -0.25) is 10.1 Å². The van der Waals surface area contributed by atoms with Gasteiger partial charge in [0.2, 0.25) is 0 Å². The molecule has 1 aromatic rings. The van der Waals surface area contributed by atoms with Crippen molar-refractivity contribution in [2.45, 2.75) is 4.90 Å². The van der Waals surface area contributed by atoms with Gasteiger partial charge in [-0.25, -0.2) is 0 Å². The van der Waals surface area contributed by atoms with E-state index in [9.17, 15) is 10.1 Å². The number of hydrogen-bond donors (Lipinski definition) is 0. The molecule has 1 rings (SSSR count). The van der Waals surface area contributed by atoms with Gasteiger partial charge in [0, 0.05) is 17.7 Å². The summed E-state index contributed by atoms with van der Waals surface area (Å²) in [5.74, 6) is 1.15. The highest BCUT2D eigenvalue weighted by Crippen LogP contribution is 2.28. The van der Waals surface area contributed by atoms with Gasteiger partial charge in [-0.2, -0.15) is 0 Å². The Kier molecular flexibility index (Phi) is 6.22. The maximum Gasteiger partial charge on any atom is 0.282 e. The van der Waals surface area contributed by atoms with Gasteiger partial charge in [-0.05, 0) is 6.07 Å². The monoisotopic (exact) mass is 261 g/mol. The molecule has 0 heterocycles. The molecule has 0 amide bonds. The van der Waals surface area contributed by atoms with Crippen LogP contribution in [0.1, 0.15) is 0 Å². The highest BCUT2D eigenvalue weighted by molar-refractivity contribution is 7.99. The number of thioether (sulfide) groups is 1. The van der Waals surface area contributed by atoms with E-state index in [0.717, 1.165) is 0 Å². The van der Waals surface area contributed by atoms with Crippen molar-refractivity contribution in [2.24, 2.45) is 0 Å². The molecule has 0 N–H and O–H groups in total. The Hall–Kier alpha value is -0.780. The largest absolute Gasteiger partial charge is 0.379 e. The molecule has 0 aliphatic rings. The smallest absolute Gasteiger partial charge is 0.282 e. The van der Waals surface area contributed by atoms with Crippen LogP contribution in [0.5, 0.6) is 0 Å². The van der Waals surface area contributed by atoms with E-state index in [1.807, 2.05) is 0 Å². The second kappa shape index (κ2) is 7.49. The SMILES string of the molecule is O=[N+]([O-])c1ccccc1SCCOCCCl. The van der Waals surface area contributed by atoms with Crippen LogP contribution in [-0.2, 0) is 4.74 Å². The van der Waals surface area contributed by atoms with Crippen molar-refractivity contribution < 1.29 is 9.66 Å². The molecule has 0 saturated heterocycles. The lowest BCUT2D eigenvalue weighted by atomic mass is 10.3. The van der Waals surface area contributed by atoms with Crippen LogP contribution in [0, 0.1) is 10.1 Å².